The van der Waals surface area contributed by atoms with Gasteiger partial charge in [-0.3, -0.25) is 4.84 Å². The average molecular weight is 211 g/mol. The molecule has 0 saturated heterocycles. The van der Waals surface area contributed by atoms with Crippen molar-refractivity contribution in [1.29, 1.82) is 0 Å². The largest absolute Gasteiger partial charge is 0.493 e. The molecule has 4 heteroatoms. The zero-order chi connectivity index (χ0) is 11.4. The van der Waals surface area contributed by atoms with E-state index < -0.39 is 0 Å². The smallest absolute Gasteiger partial charge is 0.166 e. The van der Waals surface area contributed by atoms with Gasteiger partial charge in [0.2, 0.25) is 0 Å². The van der Waals surface area contributed by atoms with Gasteiger partial charge in [-0.15, -0.1) is 0 Å². The molecule has 15 heavy (non-hydrogen) atoms. The van der Waals surface area contributed by atoms with Crippen LogP contribution in [0.3, 0.4) is 0 Å². The third kappa shape index (κ3) is 2.22. The van der Waals surface area contributed by atoms with Crippen molar-refractivity contribution < 1.29 is 14.3 Å². The number of rotatable bonds is 4. The van der Waals surface area contributed by atoms with Crippen molar-refractivity contribution in [1.82, 2.24) is 0 Å². The Morgan fingerprint density at radius 2 is 1.73 bits per heavy atom. The zero-order valence-electron chi connectivity index (χ0n) is 9.59. The van der Waals surface area contributed by atoms with Crippen molar-refractivity contribution in [2.75, 3.05) is 14.2 Å². The molecule has 0 amide bonds. The summed E-state index contributed by atoms with van der Waals surface area (Å²) in [5.74, 6) is 6.49. The molecule has 0 saturated carbocycles. The highest BCUT2D eigenvalue weighted by molar-refractivity contribution is 5.54. The Morgan fingerprint density at radius 3 is 2.20 bits per heavy atom. The van der Waals surface area contributed by atoms with Gasteiger partial charge < -0.3 is 9.47 Å². The predicted octanol–water partition coefficient (Wildman–Crippen LogP) is 1.71. The highest BCUT2D eigenvalue weighted by atomic mass is 16.6. The molecule has 0 aliphatic rings. The lowest BCUT2D eigenvalue weighted by atomic mass is 10.0. The molecule has 0 aliphatic heterocycles. The summed E-state index contributed by atoms with van der Waals surface area (Å²) >= 11 is 0. The first-order valence-corrected chi connectivity index (χ1v) is 4.68. The van der Waals surface area contributed by atoms with E-state index in [9.17, 15) is 0 Å². The molecule has 0 fully saturated rings. The fraction of sp³-hybridized carbons (Fsp3) is 0.455. The highest BCUT2D eigenvalue weighted by Crippen LogP contribution is 2.36. The third-order valence-electron chi connectivity index (χ3n) is 2.47. The van der Waals surface area contributed by atoms with Crippen LogP contribution in [0.4, 0.5) is 0 Å². The minimum Gasteiger partial charge on any atom is -0.493 e. The van der Waals surface area contributed by atoms with Crippen LogP contribution in [-0.2, 0) is 11.4 Å². The van der Waals surface area contributed by atoms with E-state index in [1.807, 2.05) is 19.9 Å². The monoisotopic (exact) mass is 211 g/mol. The Morgan fingerprint density at radius 1 is 1.13 bits per heavy atom. The molecule has 0 heterocycles. The van der Waals surface area contributed by atoms with Gasteiger partial charge in [-0.1, -0.05) is 0 Å². The molecule has 84 valence electrons. The zero-order valence-corrected chi connectivity index (χ0v) is 9.59. The molecule has 0 aromatic heterocycles. The van der Waals surface area contributed by atoms with E-state index in [4.69, 9.17) is 15.4 Å². The van der Waals surface area contributed by atoms with Gasteiger partial charge in [-0.05, 0) is 31.0 Å². The number of aryl methyl sites for hydroxylation is 1. The number of hydrogen-bond donors (Lipinski definition) is 1. The molecule has 0 aliphatic carbocycles. The summed E-state index contributed by atoms with van der Waals surface area (Å²) in [7, 11) is 3.23. The van der Waals surface area contributed by atoms with Crippen molar-refractivity contribution >= 4 is 0 Å². The summed E-state index contributed by atoms with van der Waals surface area (Å²) in [5.41, 5.74) is 3.08. The highest BCUT2D eigenvalue weighted by Gasteiger charge is 2.14. The Bertz CT molecular complexity index is 350. The Balaban J connectivity index is 3.33. The maximum absolute atomic E-state index is 5.31. The van der Waals surface area contributed by atoms with Gasteiger partial charge in [-0.25, -0.2) is 5.90 Å². The Hall–Kier alpha value is -1.26. The lowest BCUT2D eigenvalue weighted by Gasteiger charge is -2.16. The summed E-state index contributed by atoms with van der Waals surface area (Å²) < 4.78 is 10.6. The van der Waals surface area contributed by atoms with E-state index in [0.29, 0.717) is 12.4 Å². The Kier molecular flexibility index (Phi) is 3.94. The quantitative estimate of drug-likeness (QED) is 0.770. The van der Waals surface area contributed by atoms with Crippen molar-refractivity contribution in [3.8, 4) is 11.5 Å². The molecule has 0 radical (unpaired) electrons. The van der Waals surface area contributed by atoms with Crippen LogP contribution in [0.15, 0.2) is 6.07 Å². The molecule has 1 aromatic carbocycles. The van der Waals surface area contributed by atoms with Crippen LogP contribution in [0.2, 0.25) is 0 Å². The topological polar surface area (TPSA) is 53.7 Å². The van der Waals surface area contributed by atoms with E-state index >= 15 is 0 Å². The van der Waals surface area contributed by atoms with Gasteiger partial charge in [0.1, 0.15) is 0 Å². The lowest BCUT2D eigenvalue weighted by Crippen LogP contribution is -2.04. The fourth-order valence-corrected chi connectivity index (χ4v) is 1.60. The normalized spacial score (nSPS) is 10.2. The van der Waals surface area contributed by atoms with E-state index in [2.05, 4.69) is 4.84 Å². The second kappa shape index (κ2) is 5.00. The number of benzene rings is 1. The number of hydrogen-bond acceptors (Lipinski definition) is 4. The van der Waals surface area contributed by atoms with Crippen molar-refractivity contribution in [3.63, 3.8) is 0 Å². The van der Waals surface area contributed by atoms with E-state index in [-0.39, 0.29) is 0 Å². The summed E-state index contributed by atoms with van der Waals surface area (Å²) in [5, 5.41) is 0. The summed E-state index contributed by atoms with van der Waals surface area (Å²) in [6.07, 6.45) is 0. The molecule has 1 aromatic rings. The molecule has 1 rings (SSSR count). The van der Waals surface area contributed by atoms with E-state index in [1.54, 1.807) is 14.2 Å². The van der Waals surface area contributed by atoms with E-state index in [1.165, 1.54) is 0 Å². The first-order valence-electron chi connectivity index (χ1n) is 4.68. The molecular formula is C11H17NO3. The van der Waals surface area contributed by atoms with Crippen molar-refractivity contribution in [2.24, 2.45) is 5.90 Å². The van der Waals surface area contributed by atoms with Gasteiger partial charge >= 0.3 is 0 Å². The Labute approximate surface area is 89.9 Å². The second-order valence-corrected chi connectivity index (χ2v) is 3.36. The standard InChI is InChI=1S/C11H17NO3/c1-7-5-9(6-15-12)11(14-4)10(13-3)8(7)2/h5H,6,12H2,1-4H3. The van der Waals surface area contributed by atoms with Crippen LogP contribution in [0, 0.1) is 13.8 Å². The molecule has 0 spiro atoms. The predicted molar refractivity (Wildman–Crippen MR) is 58.0 cm³/mol. The van der Waals surface area contributed by atoms with Gasteiger partial charge in [-0.2, -0.15) is 0 Å². The first kappa shape index (κ1) is 11.8. The van der Waals surface area contributed by atoms with Crippen LogP contribution in [-0.4, -0.2) is 14.2 Å². The number of methoxy groups -OCH3 is 2. The summed E-state index contributed by atoms with van der Waals surface area (Å²) in [6.45, 7) is 4.31. The van der Waals surface area contributed by atoms with Gasteiger partial charge in [0.25, 0.3) is 0 Å². The molecule has 0 bridgehead atoms. The number of nitrogens with two attached hydrogens (primary N) is 1. The lowest BCUT2D eigenvalue weighted by molar-refractivity contribution is 0.121. The van der Waals surface area contributed by atoms with Crippen LogP contribution in [0.5, 0.6) is 11.5 Å². The summed E-state index contributed by atoms with van der Waals surface area (Å²) in [4.78, 5) is 4.63. The van der Waals surface area contributed by atoms with Crippen molar-refractivity contribution in [2.45, 2.75) is 20.5 Å². The molecule has 4 nitrogen and oxygen atoms in total. The van der Waals surface area contributed by atoms with Gasteiger partial charge in [0.15, 0.2) is 11.5 Å². The maximum Gasteiger partial charge on any atom is 0.166 e. The minimum absolute atomic E-state index is 0.306. The molecular weight excluding hydrogens is 194 g/mol. The minimum atomic E-state index is 0.306. The van der Waals surface area contributed by atoms with Gasteiger partial charge in [0, 0.05) is 5.56 Å². The third-order valence-corrected chi connectivity index (χ3v) is 2.47. The van der Waals surface area contributed by atoms with E-state index in [0.717, 1.165) is 22.4 Å². The van der Waals surface area contributed by atoms with Gasteiger partial charge in [0.05, 0.1) is 20.8 Å². The second-order valence-electron chi connectivity index (χ2n) is 3.36. The average Bonchev–Trinajstić information content (AvgIpc) is 2.23. The van der Waals surface area contributed by atoms with Crippen LogP contribution in [0.25, 0.3) is 0 Å². The first-order chi connectivity index (χ1) is 7.15. The maximum atomic E-state index is 5.31. The van der Waals surface area contributed by atoms with Crippen molar-refractivity contribution in [3.05, 3.63) is 22.8 Å². The molecule has 0 atom stereocenters. The molecule has 2 N–H and O–H groups in total. The number of ether oxygens (including phenoxy) is 2. The molecule has 0 unspecified atom stereocenters. The van der Waals surface area contributed by atoms with Crippen LogP contribution < -0.4 is 15.4 Å². The fourth-order valence-electron chi connectivity index (χ4n) is 1.60. The van der Waals surface area contributed by atoms with Crippen LogP contribution >= 0.6 is 0 Å². The SMILES string of the molecule is COc1c(CON)cc(C)c(C)c1OC. The van der Waals surface area contributed by atoms with Crippen LogP contribution in [0.1, 0.15) is 16.7 Å². The summed E-state index contributed by atoms with van der Waals surface area (Å²) in [6, 6.07) is 1.99.